The Bertz CT molecular complexity index is 239. The van der Waals surface area contributed by atoms with Crippen LogP contribution in [0.2, 0.25) is 0 Å². The van der Waals surface area contributed by atoms with Gasteiger partial charge in [0.1, 0.15) is 0 Å². The Labute approximate surface area is 174 Å². The van der Waals surface area contributed by atoms with E-state index in [0.29, 0.717) is 0 Å². The monoisotopic (exact) mass is 381 g/mol. The van der Waals surface area contributed by atoms with E-state index in [1.54, 1.807) is 0 Å². The van der Waals surface area contributed by atoms with Gasteiger partial charge in [0.25, 0.3) is 0 Å². The molecule has 0 aromatic heterocycles. The summed E-state index contributed by atoms with van der Waals surface area (Å²) >= 11 is 0. The maximum Gasteiger partial charge on any atom is 0.000438 e. The molecule has 27 heavy (non-hydrogen) atoms. The smallest absolute Gasteiger partial charge is 0.000438 e. The fourth-order valence-corrected chi connectivity index (χ4v) is 4.10. The van der Waals surface area contributed by atoms with Gasteiger partial charge in [0.05, 0.1) is 0 Å². The zero-order chi connectivity index (χ0) is 20.0. The second-order valence-electron chi connectivity index (χ2n) is 9.35. The molecule has 0 heterocycles. The van der Waals surface area contributed by atoms with Gasteiger partial charge >= 0.3 is 0 Å². The summed E-state index contributed by atoms with van der Waals surface area (Å²) in [5.41, 5.74) is 0. The van der Waals surface area contributed by atoms with Crippen LogP contribution in [-0.4, -0.2) is 24.5 Å². The first-order chi connectivity index (χ1) is 13.2. The van der Waals surface area contributed by atoms with Gasteiger partial charge in [-0.05, 0) is 31.8 Å². The molecule has 0 aliphatic rings. The molecule has 0 fully saturated rings. The molecular formula is C26H55N. The van der Waals surface area contributed by atoms with Gasteiger partial charge in [-0.1, -0.05) is 130 Å². The maximum absolute atomic E-state index is 2.76. The molecule has 0 aromatic rings. The molecule has 0 aromatic carbocycles. The summed E-state index contributed by atoms with van der Waals surface area (Å²) in [5, 5.41) is 0. The van der Waals surface area contributed by atoms with Gasteiger partial charge in [0.15, 0.2) is 0 Å². The molecular weight excluding hydrogens is 326 g/mol. The van der Waals surface area contributed by atoms with Crippen molar-refractivity contribution in [2.75, 3.05) is 19.6 Å². The number of hydrogen-bond acceptors (Lipinski definition) is 1. The van der Waals surface area contributed by atoms with E-state index in [1.807, 2.05) is 0 Å². The molecule has 0 atom stereocenters. The molecule has 1 heteroatoms. The van der Waals surface area contributed by atoms with Crippen LogP contribution in [0.4, 0.5) is 0 Å². The predicted molar refractivity (Wildman–Crippen MR) is 126 cm³/mol. The van der Waals surface area contributed by atoms with Crippen molar-refractivity contribution < 1.29 is 0 Å². The summed E-state index contributed by atoms with van der Waals surface area (Å²) in [6, 6.07) is 0. The minimum atomic E-state index is 0.808. The van der Waals surface area contributed by atoms with E-state index in [1.165, 1.54) is 135 Å². The summed E-state index contributed by atoms with van der Waals surface area (Å²) in [6.45, 7) is 13.3. The van der Waals surface area contributed by atoms with E-state index < -0.39 is 0 Å². The molecule has 0 amide bonds. The third-order valence-corrected chi connectivity index (χ3v) is 5.78. The lowest BCUT2D eigenvalue weighted by Gasteiger charge is -2.24. The highest BCUT2D eigenvalue weighted by atomic mass is 15.1. The van der Waals surface area contributed by atoms with E-state index in [0.717, 1.165) is 5.92 Å². The molecule has 0 saturated carbocycles. The lowest BCUT2D eigenvalue weighted by Crippen LogP contribution is -2.30. The van der Waals surface area contributed by atoms with Crippen molar-refractivity contribution in [2.24, 2.45) is 5.92 Å². The van der Waals surface area contributed by atoms with Crippen LogP contribution in [0.5, 0.6) is 0 Å². The molecule has 1 nitrogen and oxygen atoms in total. The van der Waals surface area contributed by atoms with Crippen LogP contribution in [0.15, 0.2) is 0 Å². The molecule has 0 aliphatic heterocycles. The molecule has 0 spiro atoms. The van der Waals surface area contributed by atoms with Crippen LogP contribution in [0.25, 0.3) is 0 Å². The predicted octanol–water partition coefficient (Wildman–Crippen LogP) is 9.01. The Morgan fingerprint density at radius 3 is 1.04 bits per heavy atom. The Morgan fingerprint density at radius 1 is 0.444 bits per heavy atom. The molecule has 0 aliphatic carbocycles. The number of unbranched alkanes of at least 4 members (excludes halogenated alkanes) is 16. The van der Waals surface area contributed by atoms with Gasteiger partial charge in [-0.15, -0.1) is 0 Å². The highest BCUT2D eigenvalue weighted by Crippen LogP contribution is 2.12. The average molecular weight is 382 g/mol. The van der Waals surface area contributed by atoms with Crippen LogP contribution in [-0.2, 0) is 0 Å². The number of nitrogens with zero attached hydrogens (tertiary/aromatic N) is 1. The van der Waals surface area contributed by atoms with Crippen molar-refractivity contribution in [3.63, 3.8) is 0 Å². The van der Waals surface area contributed by atoms with Crippen molar-refractivity contribution >= 4 is 0 Å². The standard InChI is InChI=1S/C26H55N/c1-5-7-9-11-13-15-17-19-21-23-27(25-26(3)4)24-22-20-18-16-14-12-10-8-6-2/h26H,5-25H2,1-4H3. The molecule has 0 rings (SSSR count). The van der Waals surface area contributed by atoms with Crippen LogP contribution < -0.4 is 0 Å². The molecule has 0 N–H and O–H groups in total. The van der Waals surface area contributed by atoms with Gasteiger partial charge in [0, 0.05) is 6.54 Å². The van der Waals surface area contributed by atoms with Crippen LogP contribution in [0, 0.1) is 5.92 Å². The molecule has 0 radical (unpaired) electrons. The van der Waals surface area contributed by atoms with Crippen molar-refractivity contribution in [1.29, 1.82) is 0 Å². The summed E-state index contributed by atoms with van der Waals surface area (Å²) in [5.74, 6) is 0.808. The zero-order valence-corrected chi connectivity index (χ0v) is 19.9. The quantitative estimate of drug-likeness (QED) is 0.169. The van der Waals surface area contributed by atoms with Crippen LogP contribution >= 0.6 is 0 Å². The Balaban J connectivity index is 3.56. The first kappa shape index (κ1) is 27.0. The van der Waals surface area contributed by atoms with Crippen molar-refractivity contribution in [2.45, 2.75) is 143 Å². The summed E-state index contributed by atoms with van der Waals surface area (Å²) in [4.78, 5) is 2.76. The average Bonchev–Trinajstić information content (AvgIpc) is 2.64. The summed E-state index contributed by atoms with van der Waals surface area (Å²) in [6.07, 6.45) is 25.9. The number of rotatable bonds is 22. The van der Waals surface area contributed by atoms with Crippen LogP contribution in [0.3, 0.4) is 0 Å². The summed E-state index contributed by atoms with van der Waals surface area (Å²) in [7, 11) is 0. The first-order valence-electron chi connectivity index (χ1n) is 12.9. The van der Waals surface area contributed by atoms with E-state index >= 15 is 0 Å². The third kappa shape index (κ3) is 22.1. The fraction of sp³-hybridized carbons (Fsp3) is 1.00. The lowest BCUT2D eigenvalue weighted by molar-refractivity contribution is 0.233. The Kier molecular flexibility index (Phi) is 22.2. The van der Waals surface area contributed by atoms with E-state index in [4.69, 9.17) is 0 Å². The normalized spacial score (nSPS) is 11.8. The van der Waals surface area contributed by atoms with Gasteiger partial charge in [0.2, 0.25) is 0 Å². The highest BCUT2D eigenvalue weighted by Gasteiger charge is 2.07. The van der Waals surface area contributed by atoms with E-state index in [2.05, 4.69) is 32.6 Å². The van der Waals surface area contributed by atoms with Gasteiger partial charge in [-0.3, -0.25) is 0 Å². The maximum atomic E-state index is 2.76. The minimum Gasteiger partial charge on any atom is -0.303 e. The lowest BCUT2D eigenvalue weighted by atomic mass is 10.1. The fourth-order valence-electron chi connectivity index (χ4n) is 4.10. The second kappa shape index (κ2) is 22.3. The van der Waals surface area contributed by atoms with Gasteiger partial charge < -0.3 is 4.90 Å². The highest BCUT2D eigenvalue weighted by molar-refractivity contribution is 4.61. The van der Waals surface area contributed by atoms with Crippen molar-refractivity contribution in [3.05, 3.63) is 0 Å². The molecule has 164 valence electrons. The third-order valence-electron chi connectivity index (χ3n) is 5.78. The Morgan fingerprint density at radius 2 is 0.741 bits per heavy atom. The van der Waals surface area contributed by atoms with Crippen molar-refractivity contribution in [3.8, 4) is 0 Å². The van der Waals surface area contributed by atoms with Gasteiger partial charge in [-0.2, -0.15) is 0 Å². The minimum absolute atomic E-state index is 0.808. The topological polar surface area (TPSA) is 3.24 Å². The van der Waals surface area contributed by atoms with E-state index in [-0.39, 0.29) is 0 Å². The molecule has 0 saturated heterocycles. The zero-order valence-electron chi connectivity index (χ0n) is 19.9. The first-order valence-corrected chi connectivity index (χ1v) is 12.9. The van der Waals surface area contributed by atoms with Crippen LogP contribution in [0.1, 0.15) is 143 Å². The Hall–Kier alpha value is -0.0400. The van der Waals surface area contributed by atoms with Crippen molar-refractivity contribution in [1.82, 2.24) is 4.90 Å². The summed E-state index contributed by atoms with van der Waals surface area (Å²) < 4.78 is 0. The van der Waals surface area contributed by atoms with E-state index in [9.17, 15) is 0 Å². The molecule has 0 bridgehead atoms. The SMILES string of the molecule is CCCCCCCCCCCN(CCCCCCCCCCC)CC(C)C. The van der Waals surface area contributed by atoms with Gasteiger partial charge in [-0.25, -0.2) is 0 Å². The second-order valence-corrected chi connectivity index (χ2v) is 9.35. The largest absolute Gasteiger partial charge is 0.303 e. The molecule has 0 unspecified atom stereocenters. The number of hydrogen-bond donors (Lipinski definition) is 0.